The molecule has 1 fully saturated rings. The van der Waals surface area contributed by atoms with Crippen molar-refractivity contribution in [1.29, 1.82) is 0 Å². The summed E-state index contributed by atoms with van der Waals surface area (Å²) >= 11 is 0. The average molecular weight is 423 g/mol. The summed E-state index contributed by atoms with van der Waals surface area (Å²) in [6.07, 6.45) is 3.86. The molecule has 0 aromatic heterocycles. The van der Waals surface area contributed by atoms with Gasteiger partial charge < -0.3 is 14.5 Å². The quantitative estimate of drug-likeness (QED) is 0.569. The van der Waals surface area contributed by atoms with Crippen LogP contribution >= 0.6 is 0 Å². The summed E-state index contributed by atoms with van der Waals surface area (Å²) in [6, 6.07) is 18.7. The minimum atomic E-state index is 0.0628. The molecule has 1 aliphatic heterocycles. The van der Waals surface area contributed by atoms with Crippen molar-refractivity contribution in [3.63, 3.8) is 0 Å². The van der Waals surface area contributed by atoms with Gasteiger partial charge in [0.25, 0.3) is 0 Å². The number of piperidine rings is 1. The number of ether oxygens (including phenoxy) is 1. The van der Waals surface area contributed by atoms with Crippen LogP contribution in [0, 0.1) is 0 Å². The van der Waals surface area contributed by atoms with Gasteiger partial charge >= 0.3 is 0 Å². The van der Waals surface area contributed by atoms with Crippen LogP contribution in [-0.4, -0.2) is 48.5 Å². The van der Waals surface area contributed by atoms with Crippen LogP contribution in [0.3, 0.4) is 0 Å². The van der Waals surface area contributed by atoms with Crippen molar-refractivity contribution in [3.05, 3.63) is 71.3 Å². The lowest BCUT2D eigenvalue weighted by Gasteiger charge is -2.30. The first kappa shape index (κ1) is 23.5. The lowest BCUT2D eigenvalue weighted by Crippen LogP contribution is -2.41. The Morgan fingerprint density at radius 3 is 2.26 bits per heavy atom. The van der Waals surface area contributed by atoms with Gasteiger partial charge in [0.15, 0.2) is 0 Å². The average Bonchev–Trinajstić information content (AvgIpc) is 2.77. The summed E-state index contributed by atoms with van der Waals surface area (Å²) in [5.74, 6) is 0.0628. The summed E-state index contributed by atoms with van der Waals surface area (Å²) in [6.45, 7) is 11.9. The molecule has 0 saturated carbocycles. The highest BCUT2D eigenvalue weighted by Gasteiger charge is 2.18. The maximum absolute atomic E-state index is 13.0. The molecule has 4 nitrogen and oxygen atoms in total. The molecule has 0 radical (unpaired) electrons. The molecule has 3 rings (SSSR count). The molecule has 1 aliphatic rings. The summed E-state index contributed by atoms with van der Waals surface area (Å²) in [5, 5.41) is 0. The third-order valence-electron chi connectivity index (χ3n) is 6.02. The van der Waals surface area contributed by atoms with E-state index in [-0.39, 0.29) is 17.9 Å². The van der Waals surface area contributed by atoms with Crippen LogP contribution in [-0.2, 0) is 28.1 Å². The highest BCUT2D eigenvalue weighted by molar-refractivity contribution is 5.77. The molecule has 4 heteroatoms. The molecule has 1 heterocycles. The Morgan fingerprint density at radius 1 is 0.935 bits per heavy atom. The van der Waals surface area contributed by atoms with E-state index in [1.54, 1.807) is 0 Å². The minimum absolute atomic E-state index is 0.0628. The van der Waals surface area contributed by atoms with Crippen molar-refractivity contribution in [3.8, 4) is 0 Å². The third kappa shape index (κ3) is 7.79. The molecule has 0 unspecified atom stereocenters. The summed E-state index contributed by atoms with van der Waals surface area (Å²) in [4.78, 5) is 17.5. The third-order valence-corrected chi connectivity index (χ3v) is 6.02. The van der Waals surface area contributed by atoms with Crippen molar-refractivity contribution in [2.24, 2.45) is 0 Å². The minimum Gasteiger partial charge on any atom is -0.367 e. The number of likely N-dealkylation sites (tertiary alicyclic amines) is 1. The number of amides is 1. The number of benzene rings is 2. The molecule has 0 atom stereocenters. The van der Waals surface area contributed by atoms with E-state index in [1.165, 1.54) is 30.4 Å². The molecule has 0 N–H and O–H groups in total. The van der Waals surface area contributed by atoms with Crippen molar-refractivity contribution in [2.75, 3.05) is 32.8 Å². The SMILES string of the molecule is CC(C)(C)c1ccc(CN(CCN2CCCCC2)C(=O)COCc2ccccc2)cc1. The highest BCUT2D eigenvalue weighted by atomic mass is 16.5. The number of nitrogens with zero attached hydrogens (tertiary/aromatic N) is 2. The van der Waals surface area contributed by atoms with Gasteiger partial charge in [-0.3, -0.25) is 4.79 Å². The molecule has 2 aromatic rings. The van der Waals surface area contributed by atoms with Gasteiger partial charge in [0.05, 0.1) is 6.61 Å². The van der Waals surface area contributed by atoms with E-state index in [9.17, 15) is 4.79 Å². The van der Waals surface area contributed by atoms with Gasteiger partial charge in [-0.05, 0) is 48.0 Å². The zero-order chi connectivity index (χ0) is 22.1. The standard InChI is InChI=1S/C27H38N2O2/c1-27(2,3)25-14-12-23(13-15-25)20-29(19-18-28-16-8-5-9-17-28)26(30)22-31-21-24-10-6-4-7-11-24/h4,6-7,10-15H,5,8-9,16-22H2,1-3H3. The van der Waals surface area contributed by atoms with E-state index in [4.69, 9.17) is 4.74 Å². The fourth-order valence-corrected chi connectivity index (χ4v) is 3.99. The summed E-state index contributed by atoms with van der Waals surface area (Å²) < 4.78 is 5.75. The second-order valence-electron chi connectivity index (χ2n) is 9.64. The molecule has 0 aliphatic carbocycles. The molecule has 31 heavy (non-hydrogen) atoms. The van der Waals surface area contributed by atoms with Gasteiger partial charge in [-0.2, -0.15) is 0 Å². The predicted octanol–water partition coefficient (Wildman–Crippen LogP) is 5.02. The number of carbonyl (C=O) groups is 1. The molecule has 0 spiro atoms. The molecule has 168 valence electrons. The Morgan fingerprint density at radius 2 is 1.61 bits per heavy atom. The van der Waals surface area contributed by atoms with Gasteiger partial charge in [-0.15, -0.1) is 0 Å². The van der Waals surface area contributed by atoms with Gasteiger partial charge in [-0.25, -0.2) is 0 Å². The lowest BCUT2D eigenvalue weighted by molar-refractivity contribution is -0.137. The monoisotopic (exact) mass is 422 g/mol. The maximum Gasteiger partial charge on any atom is 0.248 e. The van der Waals surface area contributed by atoms with Crippen molar-refractivity contribution < 1.29 is 9.53 Å². The molecule has 0 bridgehead atoms. The van der Waals surface area contributed by atoms with Crippen LogP contribution in [0.15, 0.2) is 54.6 Å². The zero-order valence-corrected chi connectivity index (χ0v) is 19.5. The Labute approximate surface area is 188 Å². The van der Waals surface area contributed by atoms with E-state index >= 15 is 0 Å². The lowest BCUT2D eigenvalue weighted by atomic mass is 9.87. The largest absolute Gasteiger partial charge is 0.367 e. The predicted molar refractivity (Wildman–Crippen MR) is 127 cm³/mol. The van der Waals surface area contributed by atoms with Crippen LogP contribution < -0.4 is 0 Å². The maximum atomic E-state index is 13.0. The topological polar surface area (TPSA) is 32.8 Å². The van der Waals surface area contributed by atoms with Gasteiger partial charge in [-0.1, -0.05) is 81.8 Å². The van der Waals surface area contributed by atoms with E-state index in [0.29, 0.717) is 13.2 Å². The molecule has 2 aromatic carbocycles. The Bertz CT molecular complexity index is 790. The van der Waals surface area contributed by atoms with Crippen molar-refractivity contribution in [1.82, 2.24) is 9.80 Å². The van der Waals surface area contributed by atoms with E-state index in [1.807, 2.05) is 35.2 Å². The number of hydrogen-bond donors (Lipinski definition) is 0. The fourth-order valence-electron chi connectivity index (χ4n) is 3.99. The smallest absolute Gasteiger partial charge is 0.248 e. The Balaban J connectivity index is 1.59. The van der Waals surface area contributed by atoms with Crippen LogP contribution in [0.4, 0.5) is 0 Å². The fraction of sp³-hybridized carbons (Fsp3) is 0.519. The molecular weight excluding hydrogens is 384 g/mol. The van der Waals surface area contributed by atoms with Gasteiger partial charge in [0.2, 0.25) is 5.91 Å². The first-order valence-corrected chi connectivity index (χ1v) is 11.6. The summed E-state index contributed by atoms with van der Waals surface area (Å²) in [5.41, 5.74) is 3.71. The highest BCUT2D eigenvalue weighted by Crippen LogP contribution is 2.22. The number of hydrogen-bond acceptors (Lipinski definition) is 3. The second kappa shape index (κ2) is 11.4. The van der Waals surface area contributed by atoms with Crippen LogP contribution in [0.5, 0.6) is 0 Å². The normalized spacial score (nSPS) is 15.1. The van der Waals surface area contributed by atoms with E-state index < -0.39 is 0 Å². The molecular formula is C27H38N2O2. The summed E-state index contributed by atoms with van der Waals surface area (Å²) in [7, 11) is 0. The number of carbonyl (C=O) groups excluding carboxylic acids is 1. The molecule has 1 saturated heterocycles. The van der Waals surface area contributed by atoms with Gasteiger partial charge in [0.1, 0.15) is 6.61 Å². The first-order valence-electron chi connectivity index (χ1n) is 11.6. The van der Waals surface area contributed by atoms with Crippen LogP contribution in [0.1, 0.15) is 56.7 Å². The first-order chi connectivity index (χ1) is 14.9. The second-order valence-corrected chi connectivity index (χ2v) is 9.64. The zero-order valence-electron chi connectivity index (χ0n) is 19.5. The molecule has 1 amide bonds. The Kier molecular flexibility index (Phi) is 8.68. The van der Waals surface area contributed by atoms with E-state index in [2.05, 4.69) is 49.9 Å². The Hall–Kier alpha value is -2.17. The van der Waals surface area contributed by atoms with Crippen molar-refractivity contribution >= 4 is 5.91 Å². The van der Waals surface area contributed by atoms with Crippen LogP contribution in [0.25, 0.3) is 0 Å². The van der Waals surface area contributed by atoms with Gasteiger partial charge in [0, 0.05) is 19.6 Å². The van der Waals surface area contributed by atoms with E-state index in [0.717, 1.165) is 31.7 Å². The van der Waals surface area contributed by atoms with Crippen LogP contribution in [0.2, 0.25) is 0 Å². The van der Waals surface area contributed by atoms with Crippen molar-refractivity contribution in [2.45, 2.75) is 58.6 Å². The number of rotatable bonds is 9.